The number of hydrogen-bond acceptors (Lipinski definition) is 6. The van der Waals surface area contributed by atoms with Crippen LogP contribution in [0.3, 0.4) is 0 Å². The Morgan fingerprint density at radius 1 is 1.18 bits per heavy atom. The molecule has 180 valence electrons. The number of thiazole rings is 1. The van der Waals surface area contributed by atoms with Gasteiger partial charge in [-0.3, -0.25) is 0 Å². The Hall–Kier alpha value is -2.65. The standard InChI is InChI=1S/C24H34N4O4S/c1-23(2,3)14-24(4,5)27-21(31)26-17-12-28(13-18(17)32-6)22-25-11-19(33-22)15-7-9-16(10-8-15)20(29)30/h7-11,17-18H,12-14H2,1-6H3,(H,29,30)(H2,26,27,31)/t17-,18-/m0/s1. The van der Waals surface area contributed by atoms with E-state index in [1.165, 1.54) is 11.3 Å². The first-order valence-corrected chi connectivity index (χ1v) is 11.8. The fourth-order valence-electron chi connectivity index (χ4n) is 4.51. The molecule has 3 rings (SSSR count). The summed E-state index contributed by atoms with van der Waals surface area (Å²) in [7, 11) is 1.65. The number of nitrogens with one attached hydrogen (secondary N) is 2. The molecule has 3 N–H and O–H groups in total. The van der Waals surface area contributed by atoms with Gasteiger partial charge in [0.15, 0.2) is 5.13 Å². The Kier molecular flexibility index (Phi) is 7.33. The molecule has 0 spiro atoms. The SMILES string of the molecule is CO[C@H]1CN(c2ncc(-c3ccc(C(=O)O)cc3)s2)C[C@@H]1NC(=O)NC(C)(C)CC(C)(C)C. The predicted molar refractivity (Wildman–Crippen MR) is 131 cm³/mol. The van der Waals surface area contributed by atoms with Crippen LogP contribution < -0.4 is 15.5 Å². The number of amides is 2. The number of ether oxygens (including phenoxy) is 1. The Bertz CT molecular complexity index is 981. The average molecular weight is 475 g/mol. The fraction of sp³-hybridized carbons (Fsp3) is 0.542. The van der Waals surface area contributed by atoms with Crippen LogP contribution in [-0.4, -0.2) is 60.0 Å². The number of rotatable bonds is 7. The lowest BCUT2D eigenvalue weighted by atomic mass is 9.82. The van der Waals surface area contributed by atoms with Gasteiger partial charge in [0, 0.05) is 31.9 Å². The van der Waals surface area contributed by atoms with Crippen molar-refractivity contribution >= 4 is 28.5 Å². The number of aromatic carboxylic acids is 1. The first-order valence-electron chi connectivity index (χ1n) is 11.0. The van der Waals surface area contributed by atoms with Gasteiger partial charge in [-0.1, -0.05) is 44.2 Å². The molecule has 1 aromatic heterocycles. The van der Waals surface area contributed by atoms with Gasteiger partial charge in [-0.25, -0.2) is 14.6 Å². The van der Waals surface area contributed by atoms with Crippen LogP contribution in [0.4, 0.5) is 9.93 Å². The summed E-state index contributed by atoms with van der Waals surface area (Å²) in [5.41, 5.74) is 0.945. The van der Waals surface area contributed by atoms with Crippen molar-refractivity contribution in [3.63, 3.8) is 0 Å². The summed E-state index contributed by atoms with van der Waals surface area (Å²) >= 11 is 1.53. The summed E-state index contributed by atoms with van der Waals surface area (Å²) in [5.74, 6) is -0.946. The number of benzene rings is 1. The fourth-order valence-corrected chi connectivity index (χ4v) is 5.45. The van der Waals surface area contributed by atoms with Gasteiger partial charge in [0.25, 0.3) is 0 Å². The maximum Gasteiger partial charge on any atom is 0.335 e. The summed E-state index contributed by atoms with van der Waals surface area (Å²) in [5, 5.41) is 16.1. The molecule has 1 aromatic carbocycles. The zero-order valence-corrected chi connectivity index (χ0v) is 21.0. The van der Waals surface area contributed by atoms with E-state index in [4.69, 9.17) is 9.84 Å². The number of methoxy groups -OCH3 is 1. The number of carboxylic acid groups (broad SMARTS) is 1. The molecule has 1 aliphatic rings. The molecule has 0 bridgehead atoms. The third kappa shape index (κ3) is 6.68. The lowest BCUT2D eigenvalue weighted by molar-refractivity contribution is 0.0697. The zero-order chi connectivity index (χ0) is 24.4. The summed E-state index contributed by atoms with van der Waals surface area (Å²) < 4.78 is 5.65. The van der Waals surface area contributed by atoms with E-state index in [0.717, 1.165) is 22.0 Å². The highest BCUT2D eigenvalue weighted by Crippen LogP contribution is 2.33. The molecule has 9 heteroatoms. The van der Waals surface area contributed by atoms with Crippen LogP contribution in [0, 0.1) is 5.41 Å². The highest BCUT2D eigenvalue weighted by atomic mass is 32.1. The number of nitrogens with zero attached hydrogens (tertiary/aromatic N) is 2. The van der Waals surface area contributed by atoms with Gasteiger partial charge in [-0.15, -0.1) is 0 Å². The number of anilines is 1. The van der Waals surface area contributed by atoms with Crippen molar-refractivity contribution in [2.45, 2.75) is 58.7 Å². The highest BCUT2D eigenvalue weighted by Gasteiger charge is 2.36. The van der Waals surface area contributed by atoms with E-state index in [1.807, 2.05) is 13.8 Å². The van der Waals surface area contributed by atoms with Crippen molar-refractivity contribution < 1.29 is 19.4 Å². The van der Waals surface area contributed by atoms with Crippen molar-refractivity contribution in [3.8, 4) is 10.4 Å². The molecular weight excluding hydrogens is 440 g/mol. The predicted octanol–water partition coefficient (Wildman–Crippen LogP) is 4.23. The van der Waals surface area contributed by atoms with Gasteiger partial charge < -0.3 is 25.4 Å². The first-order chi connectivity index (χ1) is 15.4. The van der Waals surface area contributed by atoms with Crippen molar-refractivity contribution in [3.05, 3.63) is 36.0 Å². The number of urea groups is 1. The highest BCUT2D eigenvalue weighted by molar-refractivity contribution is 7.18. The minimum Gasteiger partial charge on any atom is -0.478 e. The molecular formula is C24H34N4O4S. The molecule has 8 nitrogen and oxygen atoms in total. The minimum atomic E-state index is -0.946. The van der Waals surface area contributed by atoms with E-state index in [9.17, 15) is 9.59 Å². The Morgan fingerprint density at radius 2 is 1.85 bits per heavy atom. The van der Waals surface area contributed by atoms with Gasteiger partial charge in [-0.2, -0.15) is 0 Å². The van der Waals surface area contributed by atoms with Crippen molar-refractivity contribution in [2.75, 3.05) is 25.1 Å². The van der Waals surface area contributed by atoms with Gasteiger partial charge >= 0.3 is 12.0 Å². The zero-order valence-electron chi connectivity index (χ0n) is 20.1. The molecule has 1 saturated heterocycles. The van der Waals surface area contributed by atoms with Gasteiger partial charge in [0.1, 0.15) is 0 Å². The van der Waals surface area contributed by atoms with E-state index in [1.54, 1.807) is 37.6 Å². The van der Waals surface area contributed by atoms with Crippen LogP contribution in [0.1, 0.15) is 51.4 Å². The molecule has 1 fully saturated rings. The molecule has 2 atom stereocenters. The quantitative estimate of drug-likeness (QED) is 0.555. The van der Waals surface area contributed by atoms with Gasteiger partial charge in [0.2, 0.25) is 0 Å². The molecule has 0 saturated carbocycles. The topological polar surface area (TPSA) is 104 Å². The van der Waals surface area contributed by atoms with Crippen LogP contribution in [0.5, 0.6) is 0 Å². The third-order valence-corrected chi connectivity index (χ3v) is 6.60. The Morgan fingerprint density at radius 3 is 2.42 bits per heavy atom. The third-order valence-electron chi connectivity index (χ3n) is 5.49. The lowest BCUT2D eigenvalue weighted by Crippen LogP contribution is -2.54. The number of carbonyl (C=O) groups excluding carboxylic acids is 1. The average Bonchev–Trinajstić information content (AvgIpc) is 3.32. The van der Waals surface area contributed by atoms with Crippen LogP contribution in [0.2, 0.25) is 0 Å². The number of carboxylic acids is 1. The maximum atomic E-state index is 12.7. The molecule has 0 radical (unpaired) electrons. The van der Waals surface area contributed by atoms with Crippen LogP contribution in [-0.2, 0) is 4.74 Å². The lowest BCUT2D eigenvalue weighted by Gasteiger charge is -2.34. The maximum absolute atomic E-state index is 12.7. The molecule has 1 aliphatic heterocycles. The summed E-state index contributed by atoms with van der Waals surface area (Å²) in [6.07, 6.45) is 2.50. The van der Waals surface area contributed by atoms with Crippen molar-refractivity contribution in [1.82, 2.24) is 15.6 Å². The Labute approximate surface area is 199 Å². The molecule has 2 aromatic rings. The molecule has 0 aliphatic carbocycles. The smallest absolute Gasteiger partial charge is 0.335 e. The first kappa shape index (κ1) is 25.0. The number of carbonyl (C=O) groups is 2. The van der Waals surface area contributed by atoms with E-state index in [0.29, 0.717) is 13.1 Å². The second-order valence-corrected chi connectivity index (χ2v) is 11.4. The summed E-state index contributed by atoms with van der Waals surface area (Å²) in [4.78, 5) is 31.4. The van der Waals surface area contributed by atoms with Crippen molar-refractivity contribution in [2.24, 2.45) is 5.41 Å². The molecule has 33 heavy (non-hydrogen) atoms. The second kappa shape index (κ2) is 9.69. The van der Waals surface area contributed by atoms with E-state index in [2.05, 4.69) is 41.3 Å². The largest absolute Gasteiger partial charge is 0.478 e. The molecule has 2 heterocycles. The van der Waals surface area contributed by atoms with Crippen molar-refractivity contribution in [1.29, 1.82) is 0 Å². The molecule has 2 amide bonds. The number of hydrogen-bond donors (Lipinski definition) is 3. The van der Waals surface area contributed by atoms with Gasteiger partial charge in [0.05, 0.1) is 22.6 Å². The second-order valence-electron chi connectivity index (χ2n) is 10.4. The van der Waals surface area contributed by atoms with E-state index >= 15 is 0 Å². The summed E-state index contributed by atoms with van der Waals surface area (Å²) in [6.45, 7) is 11.8. The van der Waals surface area contributed by atoms with E-state index < -0.39 is 5.97 Å². The van der Waals surface area contributed by atoms with Crippen LogP contribution in [0.15, 0.2) is 30.5 Å². The van der Waals surface area contributed by atoms with Gasteiger partial charge in [-0.05, 0) is 43.4 Å². The minimum absolute atomic E-state index is 0.104. The van der Waals surface area contributed by atoms with E-state index in [-0.39, 0.29) is 34.7 Å². The van der Waals surface area contributed by atoms with Crippen LogP contribution in [0.25, 0.3) is 10.4 Å². The summed E-state index contributed by atoms with van der Waals surface area (Å²) in [6, 6.07) is 6.40. The molecule has 0 unspecified atom stereocenters. The van der Waals surface area contributed by atoms with Crippen LogP contribution >= 0.6 is 11.3 Å². The monoisotopic (exact) mass is 474 g/mol. The number of aromatic nitrogens is 1. The Balaban J connectivity index is 1.64. The normalized spacial score (nSPS) is 18.9.